The Morgan fingerprint density at radius 3 is 2.68 bits per heavy atom. The fourth-order valence-corrected chi connectivity index (χ4v) is 2.09. The van der Waals surface area contributed by atoms with Gasteiger partial charge in [-0.25, -0.2) is 4.98 Å². The summed E-state index contributed by atoms with van der Waals surface area (Å²) in [6, 6.07) is 8.11. The smallest absolute Gasteiger partial charge is 0.220 e. The predicted molar refractivity (Wildman–Crippen MR) is 87.5 cm³/mol. The van der Waals surface area contributed by atoms with Gasteiger partial charge < -0.3 is 9.73 Å². The largest absolute Gasteiger partial charge is 0.441 e. The van der Waals surface area contributed by atoms with Gasteiger partial charge in [0.25, 0.3) is 0 Å². The molecule has 0 aliphatic heterocycles. The zero-order chi connectivity index (χ0) is 15.9. The number of nitrogens with zero attached hydrogens (tertiary/aromatic N) is 1. The van der Waals surface area contributed by atoms with Gasteiger partial charge >= 0.3 is 0 Å². The first kappa shape index (κ1) is 16.3. The molecule has 1 heterocycles. The highest BCUT2D eigenvalue weighted by Gasteiger charge is 2.09. The van der Waals surface area contributed by atoms with Gasteiger partial charge in [0.2, 0.25) is 5.91 Å². The minimum atomic E-state index is 0.0516. The Morgan fingerprint density at radius 1 is 1.27 bits per heavy atom. The van der Waals surface area contributed by atoms with Gasteiger partial charge in [-0.3, -0.25) is 4.79 Å². The molecular weight excluding hydrogens is 276 g/mol. The third-order valence-electron chi connectivity index (χ3n) is 3.50. The van der Waals surface area contributed by atoms with Crippen LogP contribution in [0, 0.1) is 12.8 Å². The highest BCUT2D eigenvalue weighted by molar-refractivity contribution is 5.76. The van der Waals surface area contributed by atoms with E-state index in [4.69, 9.17) is 4.42 Å². The second-order valence-electron chi connectivity index (χ2n) is 6.02. The fraction of sp³-hybridized carbons (Fsp3) is 0.444. The lowest BCUT2D eigenvalue weighted by molar-refractivity contribution is -0.121. The molecule has 118 valence electrons. The number of hydrogen-bond acceptors (Lipinski definition) is 3. The highest BCUT2D eigenvalue weighted by atomic mass is 16.4. The van der Waals surface area contributed by atoms with E-state index in [1.807, 2.05) is 31.2 Å². The highest BCUT2D eigenvalue weighted by Crippen LogP contribution is 2.21. The van der Waals surface area contributed by atoms with Crippen molar-refractivity contribution in [2.45, 2.75) is 40.0 Å². The molecule has 2 rings (SSSR count). The van der Waals surface area contributed by atoms with Crippen LogP contribution in [0.1, 0.15) is 38.1 Å². The van der Waals surface area contributed by atoms with E-state index in [0.717, 1.165) is 24.3 Å². The van der Waals surface area contributed by atoms with E-state index < -0.39 is 0 Å². The molecular formula is C18H24N2O2. The molecule has 0 radical (unpaired) electrons. The van der Waals surface area contributed by atoms with Crippen molar-refractivity contribution in [3.05, 3.63) is 41.9 Å². The Kier molecular flexibility index (Phi) is 5.75. The average Bonchev–Trinajstić information content (AvgIpc) is 2.94. The molecule has 1 aromatic heterocycles. The summed E-state index contributed by atoms with van der Waals surface area (Å²) in [6.45, 7) is 7.07. The van der Waals surface area contributed by atoms with Gasteiger partial charge in [-0.2, -0.15) is 0 Å². The van der Waals surface area contributed by atoms with Crippen LogP contribution in [0.4, 0.5) is 0 Å². The molecule has 0 unspecified atom stereocenters. The summed E-state index contributed by atoms with van der Waals surface area (Å²) in [4.78, 5) is 16.0. The number of carbonyl (C=O) groups is 1. The molecule has 1 amide bonds. The van der Waals surface area contributed by atoms with Crippen molar-refractivity contribution in [1.82, 2.24) is 10.3 Å². The Morgan fingerprint density at radius 2 is 2.00 bits per heavy atom. The van der Waals surface area contributed by atoms with Gasteiger partial charge in [-0.15, -0.1) is 0 Å². The molecule has 0 aliphatic carbocycles. The maximum Gasteiger partial charge on any atom is 0.220 e. The average molecular weight is 300 g/mol. The van der Waals surface area contributed by atoms with E-state index in [1.54, 1.807) is 6.20 Å². The molecule has 2 aromatic rings. The minimum Gasteiger partial charge on any atom is -0.441 e. The lowest BCUT2D eigenvalue weighted by Gasteiger charge is -2.06. The van der Waals surface area contributed by atoms with Crippen LogP contribution in [-0.4, -0.2) is 17.4 Å². The Balaban J connectivity index is 1.82. The summed E-state index contributed by atoms with van der Waals surface area (Å²) < 4.78 is 5.71. The Bertz CT molecular complexity index is 600. The normalized spacial score (nSPS) is 10.9. The van der Waals surface area contributed by atoms with E-state index in [9.17, 15) is 4.79 Å². The molecule has 4 heteroatoms. The summed E-state index contributed by atoms with van der Waals surface area (Å²) in [7, 11) is 0. The molecule has 22 heavy (non-hydrogen) atoms. The van der Waals surface area contributed by atoms with E-state index in [0.29, 0.717) is 24.7 Å². The number of rotatable bonds is 7. The van der Waals surface area contributed by atoms with Crippen LogP contribution in [0.25, 0.3) is 11.3 Å². The molecule has 0 saturated heterocycles. The second-order valence-corrected chi connectivity index (χ2v) is 6.02. The van der Waals surface area contributed by atoms with Gasteiger partial charge in [0.15, 0.2) is 11.7 Å². The number of benzene rings is 1. The maximum absolute atomic E-state index is 11.7. The lowest BCUT2D eigenvalue weighted by Crippen LogP contribution is -2.25. The fourth-order valence-electron chi connectivity index (χ4n) is 2.09. The number of carbonyl (C=O) groups excluding carboxylic acids is 1. The van der Waals surface area contributed by atoms with Gasteiger partial charge in [-0.05, 0) is 19.3 Å². The number of hydrogen-bond donors (Lipinski definition) is 1. The van der Waals surface area contributed by atoms with Crippen molar-refractivity contribution in [1.29, 1.82) is 0 Å². The summed E-state index contributed by atoms with van der Waals surface area (Å²) in [5.41, 5.74) is 2.22. The number of oxazole rings is 1. The third-order valence-corrected chi connectivity index (χ3v) is 3.50. The Hall–Kier alpha value is -2.10. The van der Waals surface area contributed by atoms with E-state index in [-0.39, 0.29) is 5.91 Å². The van der Waals surface area contributed by atoms with Crippen molar-refractivity contribution in [3.63, 3.8) is 0 Å². The van der Waals surface area contributed by atoms with Crippen LogP contribution >= 0.6 is 0 Å². The van der Waals surface area contributed by atoms with Gasteiger partial charge in [0.05, 0.1) is 6.20 Å². The number of amides is 1. The van der Waals surface area contributed by atoms with Gasteiger partial charge in [0, 0.05) is 24.9 Å². The van der Waals surface area contributed by atoms with Crippen molar-refractivity contribution in [3.8, 4) is 11.3 Å². The molecule has 1 N–H and O–H groups in total. The first-order chi connectivity index (χ1) is 10.5. The first-order valence-electron chi connectivity index (χ1n) is 7.83. The molecule has 0 fully saturated rings. The van der Waals surface area contributed by atoms with Crippen molar-refractivity contribution in [2.75, 3.05) is 6.54 Å². The minimum absolute atomic E-state index is 0.0516. The number of aromatic nitrogens is 1. The van der Waals surface area contributed by atoms with Crippen molar-refractivity contribution < 1.29 is 9.21 Å². The monoisotopic (exact) mass is 300 g/mol. The zero-order valence-electron chi connectivity index (χ0n) is 13.6. The van der Waals surface area contributed by atoms with E-state index in [1.165, 1.54) is 5.56 Å². The molecule has 4 nitrogen and oxygen atoms in total. The molecule has 0 saturated carbocycles. The molecule has 0 aliphatic rings. The predicted octanol–water partition coefficient (Wildman–Crippen LogP) is 3.74. The quantitative estimate of drug-likeness (QED) is 0.847. The SMILES string of the molecule is Cc1ccc(-c2cnc(CCC(=O)NCCC(C)C)o2)cc1. The lowest BCUT2D eigenvalue weighted by atomic mass is 10.1. The molecule has 0 atom stereocenters. The van der Waals surface area contributed by atoms with Crippen LogP contribution in [0.3, 0.4) is 0 Å². The van der Waals surface area contributed by atoms with Gasteiger partial charge in [0.1, 0.15) is 0 Å². The van der Waals surface area contributed by atoms with Crippen molar-refractivity contribution >= 4 is 5.91 Å². The van der Waals surface area contributed by atoms with Crippen LogP contribution < -0.4 is 5.32 Å². The molecule has 1 aromatic carbocycles. The van der Waals surface area contributed by atoms with E-state index >= 15 is 0 Å². The topological polar surface area (TPSA) is 55.1 Å². The van der Waals surface area contributed by atoms with Crippen LogP contribution in [-0.2, 0) is 11.2 Å². The molecule has 0 spiro atoms. The molecule has 0 bridgehead atoms. The standard InChI is InChI=1S/C18H24N2O2/c1-13(2)10-11-19-17(21)8-9-18-20-12-16(22-18)15-6-4-14(3)5-7-15/h4-7,12-13H,8-11H2,1-3H3,(H,19,21). The van der Waals surface area contributed by atoms with Crippen LogP contribution in [0.5, 0.6) is 0 Å². The van der Waals surface area contributed by atoms with Gasteiger partial charge in [-0.1, -0.05) is 43.7 Å². The second kappa shape index (κ2) is 7.78. The summed E-state index contributed by atoms with van der Waals surface area (Å²) >= 11 is 0. The van der Waals surface area contributed by atoms with Crippen LogP contribution in [0.15, 0.2) is 34.9 Å². The summed E-state index contributed by atoms with van der Waals surface area (Å²) in [6.07, 6.45) is 3.66. The Labute approximate surface area is 131 Å². The van der Waals surface area contributed by atoms with Crippen LogP contribution in [0.2, 0.25) is 0 Å². The summed E-state index contributed by atoms with van der Waals surface area (Å²) in [5, 5.41) is 2.92. The van der Waals surface area contributed by atoms with E-state index in [2.05, 4.69) is 24.1 Å². The number of aryl methyl sites for hydroxylation is 2. The zero-order valence-corrected chi connectivity index (χ0v) is 13.6. The number of nitrogens with one attached hydrogen (secondary N) is 1. The summed E-state index contributed by atoms with van der Waals surface area (Å²) in [5.74, 6) is 2.00. The third kappa shape index (κ3) is 5.02. The van der Waals surface area contributed by atoms with Crippen molar-refractivity contribution in [2.24, 2.45) is 5.92 Å². The first-order valence-corrected chi connectivity index (χ1v) is 7.83. The maximum atomic E-state index is 11.7.